The second-order valence-corrected chi connectivity index (χ2v) is 6.31. The van der Waals surface area contributed by atoms with E-state index in [1.165, 1.54) is 6.92 Å². The maximum atomic E-state index is 12.4. The van der Waals surface area contributed by atoms with Crippen molar-refractivity contribution < 1.29 is 28.3 Å². The average molecular weight is 376 g/mol. The maximum absolute atomic E-state index is 12.4. The van der Waals surface area contributed by atoms with Gasteiger partial charge in [0.25, 0.3) is 5.91 Å². The van der Waals surface area contributed by atoms with Crippen molar-refractivity contribution in [2.75, 3.05) is 6.61 Å². The van der Waals surface area contributed by atoms with Gasteiger partial charge in [0, 0.05) is 17.0 Å². The number of benzene rings is 1. The first-order chi connectivity index (χ1) is 12.7. The number of rotatable bonds is 6. The average Bonchev–Trinajstić information content (AvgIpc) is 2.91. The van der Waals surface area contributed by atoms with Crippen molar-refractivity contribution in [2.24, 2.45) is 0 Å². The third kappa shape index (κ3) is 4.99. The lowest BCUT2D eigenvalue weighted by atomic mass is 10.1. The summed E-state index contributed by atoms with van der Waals surface area (Å²) >= 11 is 0. The lowest BCUT2D eigenvalue weighted by Gasteiger charge is -2.13. The number of carbonyl (C=O) groups excluding carboxylic acids is 3. The predicted molar refractivity (Wildman–Crippen MR) is 98.8 cm³/mol. The number of imide groups is 1. The predicted octanol–water partition coefficient (Wildman–Crippen LogP) is 2.92. The normalized spacial score (nSPS) is 11.9. The largest absolute Gasteiger partial charge is 0.494 e. The molecule has 1 aromatic carbocycles. The maximum Gasteiger partial charge on any atom is 0.375 e. The number of amides is 3. The molecule has 0 fully saturated rings. The number of hydrogen-bond donors (Lipinski definition) is 2. The third-order valence-corrected chi connectivity index (χ3v) is 3.71. The summed E-state index contributed by atoms with van der Waals surface area (Å²) < 4.78 is 16.2. The number of furan rings is 1. The van der Waals surface area contributed by atoms with E-state index in [-0.39, 0.29) is 11.8 Å². The van der Waals surface area contributed by atoms with Gasteiger partial charge in [-0.2, -0.15) is 0 Å². The molecule has 27 heavy (non-hydrogen) atoms. The number of urea groups is 1. The molecular formula is C19H24N2O6. The highest BCUT2D eigenvalue weighted by molar-refractivity contribution is 6.00. The molecule has 1 heterocycles. The molecular weight excluding hydrogens is 352 g/mol. The summed E-state index contributed by atoms with van der Waals surface area (Å²) in [6, 6.07) is 4.45. The Hall–Kier alpha value is -3.03. The lowest BCUT2D eigenvalue weighted by Crippen LogP contribution is -2.46. The van der Waals surface area contributed by atoms with Crippen LogP contribution >= 0.6 is 0 Å². The molecule has 1 atom stereocenters. The summed E-state index contributed by atoms with van der Waals surface area (Å²) in [7, 11) is 0. The van der Waals surface area contributed by atoms with E-state index in [1.807, 2.05) is 6.92 Å². The van der Waals surface area contributed by atoms with Crippen LogP contribution in [0.15, 0.2) is 22.6 Å². The van der Waals surface area contributed by atoms with Crippen LogP contribution in [0.25, 0.3) is 11.0 Å². The van der Waals surface area contributed by atoms with Crippen LogP contribution in [0.1, 0.15) is 43.8 Å². The first-order valence-electron chi connectivity index (χ1n) is 8.71. The topological polar surface area (TPSA) is 107 Å². The summed E-state index contributed by atoms with van der Waals surface area (Å²) in [4.78, 5) is 35.9. The summed E-state index contributed by atoms with van der Waals surface area (Å²) in [5.41, 5.74) is 1.10. The highest BCUT2D eigenvalue weighted by Crippen LogP contribution is 2.29. The fourth-order valence-electron chi connectivity index (χ4n) is 2.43. The molecule has 0 radical (unpaired) electrons. The molecule has 0 unspecified atom stereocenters. The molecule has 3 amide bonds. The molecule has 0 aliphatic heterocycles. The first kappa shape index (κ1) is 20.3. The molecule has 146 valence electrons. The number of nitrogens with one attached hydrogen (secondary N) is 2. The molecule has 2 rings (SSSR count). The van der Waals surface area contributed by atoms with Crippen molar-refractivity contribution >= 4 is 28.9 Å². The van der Waals surface area contributed by atoms with Crippen molar-refractivity contribution in [3.63, 3.8) is 0 Å². The third-order valence-electron chi connectivity index (χ3n) is 3.71. The van der Waals surface area contributed by atoms with Crippen LogP contribution in [0.4, 0.5) is 4.79 Å². The fraction of sp³-hybridized carbons (Fsp3) is 0.421. The van der Waals surface area contributed by atoms with Gasteiger partial charge in [0.15, 0.2) is 6.10 Å². The van der Waals surface area contributed by atoms with Gasteiger partial charge in [0.1, 0.15) is 11.3 Å². The van der Waals surface area contributed by atoms with Gasteiger partial charge in [-0.3, -0.25) is 10.1 Å². The molecule has 2 N–H and O–H groups in total. The van der Waals surface area contributed by atoms with Crippen LogP contribution in [0.2, 0.25) is 0 Å². The highest BCUT2D eigenvalue weighted by atomic mass is 16.6. The minimum absolute atomic E-state index is 0.00457. The van der Waals surface area contributed by atoms with E-state index in [0.717, 1.165) is 5.39 Å². The smallest absolute Gasteiger partial charge is 0.375 e. The summed E-state index contributed by atoms with van der Waals surface area (Å²) in [5, 5.41) is 5.35. The number of carbonyl (C=O) groups is 3. The van der Waals surface area contributed by atoms with Gasteiger partial charge in [-0.05, 0) is 52.8 Å². The molecule has 2 aromatic rings. The zero-order chi connectivity index (χ0) is 20.1. The summed E-state index contributed by atoms with van der Waals surface area (Å²) in [6.07, 6.45) is -1.16. The Balaban J connectivity index is 2.09. The van der Waals surface area contributed by atoms with Crippen LogP contribution in [-0.2, 0) is 9.53 Å². The zero-order valence-electron chi connectivity index (χ0n) is 16.0. The van der Waals surface area contributed by atoms with Gasteiger partial charge in [-0.25, -0.2) is 9.59 Å². The SMILES string of the molecule is CCOc1ccc2oc(C(=O)O[C@H](C)C(=O)NC(=O)NC(C)C)c(C)c2c1. The summed E-state index contributed by atoms with van der Waals surface area (Å²) in [5.74, 6) is -0.842. The Morgan fingerprint density at radius 1 is 1.19 bits per heavy atom. The molecule has 0 saturated heterocycles. The number of ether oxygens (including phenoxy) is 2. The monoisotopic (exact) mass is 376 g/mol. The minimum atomic E-state index is -1.16. The molecule has 0 aliphatic rings. The zero-order valence-corrected chi connectivity index (χ0v) is 16.0. The fourth-order valence-corrected chi connectivity index (χ4v) is 2.43. The van der Waals surface area contributed by atoms with Gasteiger partial charge in [-0.15, -0.1) is 0 Å². The number of fused-ring (bicyclic) bond motifs is 1. The van der Waals surface area contributed by atoms with Crippen LogP contribution in [0.3, 0.4) is 0 Å². The van der Waals surface area contributed by atoms with Gasteiger partial charge in [0.2, 0.25) is 5.76 Å². The second-order valence-electron chi connectivity index (χ2n) is 6.31. The Morgan fingerprint density at radius 2 is 1.89 bits per heavy atom. The van der Waals surface area contributed by atoms with E-state index in [2.05, 4.69) is 10.6 Å². The van der Waals surface area contributed by atoms with Crippen molar-refractivity contribution in [1.29, 1.82) is 0 Å². The molecule has 0 saturated carbocycles. The van der Waals surface area contributed by atoms with E-state index in [0.29, 0.717) is 23.5 Å². The quantitative estimate of drug-likeness (QED) is 0.751. The van der Waals surface area contributed by atoms with Crippen molar-refractivity contribution in [3.05, 3.63) is 29.5 Å². The molecule has 8 nitrogen and oxygen atoms in total. The minimum Gasteiger partial charge on any atom is -0.494 e. The van der Waals surface area contributed by atoms with Crippen molar-refractivity contribution in [1.82, 2.24) is 10.6 Å². The standard InChI is InChI=1S/C19H24N2O6/c1-6-25-13-7-8-15-14(9-13)11(4)16(27-15)18(23)26-12(5)17(22)21-19(24)20-10(2)3/h7-10,12H,6H2,1-5H3,(H2,20,21,22,24)/t12-/m1/s1. The highest BCUT2D eigenvalue weighted by Gasteiger charge is 2.25. The van der Waals surface area contributed by atoms with E-state index in [9.17, 15) is 14.4 Å². The van der Waals surface area contributed by atoms with E-state index < -0.39 is 24.0 Å². The van der Waals surface area contributed by atoms with Gasteiger partial charge in [-0.1, -0.05) is 0 Å². The Labute approximate surface area is 157 Å². The first-order valence-corrected chi connectivity index (χ1v) is 8.71. The molecule has 0 bridgehead atoms. The van der Waals surface area contributed by atoms with E-state index in [1.54, 1.807) is 39.0 Å². The Morgan fingerprint density at radius 3 is 2.52 bits per heavy atom. The Bertz CT molecular complexity index is 855. The number of aryl methyl sites for hydroxylation is 1. The molecule has 8 heteroatoms. The number of esters is 1. The van der Waals surface area contributed by atoms with Crippen molar-refractivity contribution in [3.8, 4) is 5.75 Å². The van der Waals surface area contributed by atoms with Gasteiger partial charge < -0.3 is 19.2 Å². The van der Waals surface area contributed by atoms with Gasteiger partial charge >= 0.3 is 12.0 Å². The summed E-state index contributed by atoms with van der Waals surface area (Å²) in [6.45, 7) is 9.01. The number of hydrogen-bond acceptors (Lipinski definition) is 6. The van der Waals surface area contributed by atoms with Crippen LogP contribution in [0.5, 0.6) is 5.75 Å². The van der Waals surface area contributed by atoms with E-state index in [4.69, 9.17) is 13.9 Å². The van der Waals surface area contributed by atoms with Crippen molar-refractivity contribution in [2.45, 2.75) is 46.8 Å². The second kappa shape index (κ2) is 8.57. The lowest BCUT2D eigenvalue weighted by molar-refractivity contribution is -0.128. The van der Waals surface area contributed by atoms with Crippen LogP contribution in [0, 0.1) is 6.92 Å². The molecule has 0 aliphatic carbocycles. The Kier molecular flexibility index (Phi) is 6.44. The molecule has 1 aromatic heterocycles. The molecule has 0 spiro atoms. The van der Waals surface area contributed by atoms with Gasteiger partial charge in [0.05, 0.1) is 6.61 Å². The van der Waals surface area contributed by atoms with Crippen LogP contribution in [-0.4, -0.2) is 36.7 Å². The van der Waals surface area contributed by atoms with Crippen LogP contribution < -0.4 is 15.4 Å². The van der Waals surface area contributed by atoms with E-state index >= 15 is 0 Å².